The van der Waals surface area contributed by atoms with Crippen LogP contribution in [0.1, 0.15) is 5.56 Å². The highest BCUT2D eigenvalue weighted by atomic mass is 32.2. The van der Waals surface area contributed by atoms with Gasteiger partial charge in [0.1, 0.15) is 13.2 Å². The maximum atomic E-state index is 12.5. The average Bonchev–Trinajstić information content (AvgIpc) is 3.10. The number of rotatable bonds is 5. The Morgan fingerprint density at radius 1 is 1.14 bits per heavy atom. The van der Waals surface area contributed by atoms with Crippen LogP contribution in [0.2, 0.25) is 0 Å². The number of ether oxygens (including phenoxy) is 2. The lowest BCUT2D eigenvalue weighted by atomic mass is 10.1. The molecule has 9 heteroatoms. The third kappa shape index (κ3) is 3.74. The fraction of sp³-hybridized carbons (Fsp3) is 0.211. The van der Waals surface area contributed by atoms with E-state index in [2.05, 4.69) is 14.7 Å². The monoisotopic (exact) mass is 400 g/mol. The largest absolute Gasteiger partial charge is 0.486 e. The average molecular weight is 400 g/mol. The normalized spacial score (nSPS) is 14.2. The van der Waals surface area contributed by atoms with Gasteiger partial charge in [0.05, 0.1) is 4.90 Å². The molecule has 0 saturated carbocycles. The van der Waals surface area contributed by atoms with E-state index in [4.69, 9.17) is 15.2 Å². The minimum atomic E-state index is -3.86. The highest BCUT2D eigenvalue weighted by Crippen LogP contribution is 2.32. The van der Waals surface area contributed by atoms with Crippen LogP contribution in [-0.2, 0) is 16.4 Å². The van der Waals surface area contributed by atoms with Crippen LogP contribution >= 0.6 is 0 Å². The number of aromatic nitrogens is 1. The molecule has 4 rings (SSSR count). The van der Waals surface area contributed by atoms with Crippen molar-refractivity contribution in [3.8, 4) is 11.5 Å². The highest BCUT2D eigenvalue weighted by Gasteiger charge is 2.20. The van der Waals surface area contributed by atoms with Crippen molar-refractivity contribution in [1.82, 2.24) is 9.71 Å². The molecule has 146 valence electrons. The van der Waals surface area contributed by atoms with Crippen LogP contribution in [0, 0.1) is 0 Å². The lowest BCUT2D eigenvalue weighted by Crippen LogP contribution is -2.37. The zero-order chi connectivity index (χ0) is 19.6. The molecule has 0 fully saturated rings. The van der Waals surface area contributed by atoms with Gasteiger partial charge in [-0.3, -0.25) is 4.99 Å². The summed E-state index contributed by atoms with van der Waals surface area (Å²) in [6.07, 6.45) is 2.56. The van der Waals surface area contributed by atoms with E-state index in [9.17, 15) is 8.42 Å². The van der Waals surface area contributed by atoms with Crippen molar-refractivity contribution in [2.45, 2.75) is 11.3 Å². The molecule has 1 aliphatic heterocycles. The summed E-state index contributed by atoms with van der Waals surface area (Å²) in [6, 6.07) is 12.4. The number of hydrogen-bond donors (Lipinski definition) is 3. The number of para-hydroxylation sites is 1. The van der Waals surface area contributed by atoms with Crippen molar-refractivity contribution < 1.29 is 17.9 Å². The molecule has 0 aliphatic carbocycles. The molecule has 0 atom stereocenters. The fourth-order valence-corrected chi connectivity index (χ4v) is 4.02. The van der Waals surface area contributed by atoms with Gasteiger partial charge in [0.25, 0.3) is 10.0 Å². The Morgan fingerprint density at radius 2 is 1.93 bits per heavy atom. The molecule has 0 unspecified atom stereocenters. The summed E-state index contributed by atoms with van der Waals surface area (Å²) in [7, 11) is -3.86. The van der Waals surface area contributed by atoms with E-state index in [1.54, 1.807) is 6.07 Å². The molecule has 3 aromatic rings. The second kappa shape index (κ2) is 7.43. The van der Waals surface area contributed by atoms with Gasteiger partial charge in [-0.25, -0.2) is 13.1 Å². The third-order valence-corrected chi connectivity index (χ3v) is 5.75. The number of H-pyrrole nitrogens is 1. The van der Waals surface area contributed by atoms with Gasteiger partial charge >= 0.3 is 0 Å². The van der Waals surface area contributed by atoms with E-state index in [1.807, 2.05) is 30.5 Å². The van der Waals surface area contributed by atoms with E-state index in [0.717, 1.165) is 16.5 Å². The maximum Gasteiger partial charge on any atom is 0.264 e. The Morgan fingerprint density at radius 3 is 2.79 bits per heavy atom. The van der Waals surface area contributed by atoms with Gasteiger partial charge in [0.2, 0.25) is 5.96 Å². The van der Waals surface area contributed by atoms with Gasteiger partial charge in [-0.05, 0) is 30.2 Å². The van der Waals surface area contributed by atoms with Crippen LogP contribution in [0.5, 0.6) is 11.5 Å². The summed E-state index contributed by atoms with van der Waals surface area (Å²) in [5.74, 6) is 0.754. The molecule has 8 nitrogen and oxygen atoms in total. The molecule has 28 heavy (non-hydrogen) atoms. The van der Waals surface area contributed by atoms with Crippen molar-refractivity contribution >= 4 is 26.9 Å². The van der Waals surface area contributed by atoms with E-state index >= 15 is 0 Å². The SMILES string of the molecule is NC(=NCCc1c[nH]c2ccccc12)NS(=O)(=O)c1ccc2c(c1)OCCO2. The number of aromatic amines is 1. The fourth-order valence-electron chi connectivity index (χ4n) is 3.05. The predicted octanol–water partition coefficient (Wildman–Crippen LogP) is 1.77. The molecular formula is C19H20N4O4S. The Kier molecular flexibility index (Phi) is 4.82. The number of nitrogens with two attached hydrogens (primary N) is 1. The molecule has 2 aromatic carbocycles. The molecular weight excluding hydrogens is 380 g/mol. The summed E-state index contributed by atoms with van der Waals surface area (Å²) in [5.41, 5.74) is 7.93. The summed E-state index contributed by atoms with van der Waals surface area (Å²) >= 11 is 0. The molecule has 0 radical (unpaired) electrons. The molecule has 0 saturated heterocycles. The van der Waals surface area contributed by atoms with Crippen LogP contribution in [-0.4, -0.2) is 39.1 Å². The van der Waals surface area contributed by atoms with Crippen LogP contribution in [0.25, 0.3) is 10.9 Å². The second-order valence-corrected chi connectivity index (χ2v) is 7.97. The predicted molar refractivity (Wildman–Crippen MR) is 106 cm³/mol. The Labute approximate surface area is 162 Å². The van der Waals surface area contributed by atoms with Gasteiger partial charge in [-0.15, -0.1) is 0 Å². The molecule has 0 spiro atoms. The first kappa shape index (κ1) is 18.2. The van der Waals surface area contributed by atoms with Crippen molar-refractivity contribution in [2.75, 3.05) is 19.8 Å². The first-order chi connectivity index (χ1) is 13.5. The van der Waals surface area contributed by atoms with E-state index < -0.39 is 10.0 Å². The standard InChI is InChI=1S/C19H20N4O4S/c20-19(21-8-7-13-12-22-16-4-2-1-3-15(13)16)23-28(24,25)14-5-6-17-18(11-14)27-10-9-26-17/h1-6,11-12,22H,7-10H2,(H3,20,21,23). The summed E-state index contributed by atoms with van der Waals surface area (Å²) in [5, 5.41) is 1.12. The highest BCUT2D eigenvalue weighted by molar-refractivity contribution is 7.90. The molecule has 1 aliphatic rings. The van der Waals surface area contributed by atoms with Crippen LogP contribution < -0.4 is 19.9 Å². The van der Waals surface area contributed by atoms with E-state index in [1.165, 1.54) is 12.1 Å². The Balaban J connectivity index is 1.42. The van der Waals surface area contributed by atoms with Gasteiger partial charge in [0, 0.05) is 29.7 Å². The number of benzene rings is 2. The van der Waals surface area contributed by atoms with Gasteiger partial charge in [-0.1, -0.05) is 18.2 Å². The van der Waals surface area contributed by atoms with E-state index in [0.29, 0.717) is 37.7 Å². The van der Waals surface area contributed by atoms with Crippen LogP contribution in [0.3, 0.4) is 0 Å². The number of nitrogens with zero attached hydrogens (tertiary/aromatic N) is 1. The molecule has 1 aromatic heterocycles. The smallest absolute Gasteiger partial charge is 0.264 e. The molecule has 4 N–H and O–H groups in total. The zero-order valence-electron chi connectivity index (χ0n) is 15.0. The second-order valence-electron chi connectivity index (χ2n) is 6.29. The van der Waals surface area contributed by atoms with E-state index in [-0.39, 0.29) is 10.9 Å². The molecule has 0 bridgehead atoms. The lowest BCUT2D eigenvalue weighted by Gasteiger charge is -2.18. The Bertz CT molecular complexity index is 1140. The number of sulfonamides is 1. The molecule has 2 heterocycles. The number of hydrogen-bond acceptors (Lipinski definition) is 5. The lowest BCUT2D eigenvalue weighted by molar-refractivity contribution is 0.171. The maximum absolute atomic E-state index is 12.5. The van der Waals surface area contributed by atoms with Crippen molar-refractivity contribution in [3.05, 3.63) is 54.2 Å². The van der Waals surface area contributed by atoms with Crippen LogP contribution in [0.15, 0.2) is 58.5 Å². The topological polar surface area (TPSA) is 119 Å². The van der Waals surface area contributed by atoms with Crippen molar-refractivity contribution in [2.24, 2.45) is 10.7 Å². The zero-order valence-corrected chi connectivity index (χ0v) is 15.8. The van der Waals surface area contributed by atoms with Crippen LogP contribution in [0.4, 0.5) is 0 Å². The minimum absolute atomic E-state index is 0.0338. The number of fused-ring (bicyclic) bond motifs is 2. The quantitative estimate of drug-likeness (QED) is 0.446. The minimum Gasteiger partial charge on any atom is -0.486 e. The number of nitrogens with one attached hydrogen (secondary N) is 2. The summed E-state index contributed by atoms with van der Waals surface area (Å²) in [4.78, 5) is 7.37. The Hall–Kier alpha value is -3.20. The summed E-state index contributed by atoms with van der Waals surface area (Å²) in [6.45, 7) is 1.17. The van der Waals surface area contributed by atoms with Crippen molar-refractivity contribution in [3.63, 3.8) is 0 Å². The third-order valence-electron chi connectivity index (χ3n) is 4.40. The van der Waals surface area contributed by atoms with Gasteiger partial charge in [0.15, 0.2) is 11.5 Å². The number of guanidine groups is 1. The first-order valence-electron chi connectivity index (χ1n) is 8.80. The number of aliphatic imine (C=N–C) groups is 1. The first-order valence-corrected chi connectivity index (χ1v) is 10.3. The summed E-state index contributed by atoms with van der Waals surface area (Å²) < 4.78 is 38.2. The van der Waals surface area contributed by atoms with Gasteiger partial charge < -0.3 is 20.2 Å². The van der Waals surface area contributed by atoms with Gasteiger partial charge in [-0.2, -0.15) is 0 Å². The molecule has 0 amide bonds. The van der Waals surface area contributed by atoms with Crippen molar-refractivity contribution in [1.29, 1.82) is 0 Å².